The number of hydrogen-bond acceptors (Lipinski definition) is 14. The van der Waals surface area contributed by atoms with Crippen LogP contribution in [-0.4, -0.2) is 129 Å². The van der Waals surface area contributed by atoms with Gasteiger partial charge in [0, 0.05) is 83.0 Å². The molecule has 3 fully saturated rings. The molecule has 19 heteroatoms. The minimum absolute atomic E-state index is 0.00852. The van der Waals surface area contributed by atoms with Crippen LogP contribution in [-0.2, 0) is 16.1 Å². The summed E-state index contributed by atoms with van der Waals surface area (Å²) in [5.41, 5.74) is 5.88. The number of rotatable bonds is 14. The Labute approximate surface area is 436 Å². The molecule has 392 valence electrons. The maximum atomic E-state index is 13.7. The Bertz CT molecular complexity index is 3140. The zero-order valence-electron chi connectivity index (χ0n) is 43.3. The summed E-state index contributed by atoms with van der Waals surface area (Å²) in [6.07, 6.45) is 5.55. The van der Waals surface area contributed by atoms with E-state index >= 15 is 0 Å². The average molecular weight is 1020 g/mol. The topological polar surface area (TPSA) is 218 Å². The van der Waals surface area contributed by atoms with E-state index in [1.807, 2.05) is 104 Å². The van der Waals surface area contributed by atoms with Crippen LogP contribution in [0.2, 0.25) is 0 Å². The highest BCUT2D eigenvalue weighted by atomic mass is 16.5. The van der Waals surface area contributed by atoms with Gasteiger partial charge in [0.25, 0.3) is 5.91 Å². The summed E-state index contributed by atoms with van der Waals surface area (Å²) >= 11 is 0. The normalized spacial score (nSPS) is 17.5. The molecule has 1 unspecified atom stereocenters. The van der Waals surface area contributed by atoms with Crippen LogP contribution in [0, 0.1) is 17.8 Å². The Morgan fingerprint density at radius 1 is 0.813 bits per heavy atom. The number of nitrogens with zero attached hydrogens (tertiary/aromatic N) is 9. The molecule has 6 aromatic rings. The summed E-state index contributed by atoms with van der Waals surface area (Å²) in [7, 11) is 3.62. The number of carbonyl (C=O) groups excluding carboxylic acids is 3. The highest BCUT2D eigenvalue weighted by Gasteiger charge is 2.35. The largest absolute Gasteiger partial charge is 0.508 e. The summed E-state index contributed by atoms with van der Waals surface area (Å²) in [4.78, 5) is 73.0. The number of carbonyl (C=O) groups is 3. The number of ether oxygens (including phenoxy) is 1. The van der Waals surface area contributed by atoms with Crippen LogP contribution in [0.1, 0.15) is 80.3 Å². The number of aromatic hydroxyl groups is 2. The second kappa shape index (κ2) is 21.5. The molecule has 0 aliphatic carbocycles. The van der Waals surface area contributed by atoms with Gasteiger partial charge in [-0.25, -0.2) is 19.4 Å². The molecule has 5 N–H and O–H groups in total. The predicted molar refractivity (Wildman–Crippen MR) is 288 cm³/mol. The lowest BCUT2D eigenvalue weighted by atomic mass is 9.94. The fourth-order valence-electron chi connectivity index (χ4n) is 11.0. The standard InChI is InChI=1S/C56H66N12O7/c1-6-75-49-27-40(15-16-44(49)59-55-58-31-46-51(60-55)63(4)45-10-8-7-9-41(45)54(73)64(46)5)66-25-20-37(21-26-66)52(71)57-30-36-17-24-67(33-36)53(72)38-18-22-65(23-19-38)32-35-11-13-39(14-12-35)68-50(61-62-56(68)74)43-28-42(34(2)3)47(69)29-48(43)70/h7-16,27-29,31,34,36-38,69-70H,6,17-26,30,32-33H2,1-5H3,(H,57,71)(H,62,74)(H,58,59,60). The van der Waals surface area contributed by atoms with Gasteiger partial charge >= 0.3 is 5.69 Å². The van der Waals surface area contributed by atoms with Gasteiger partial charge in [0.2, 0.25) is 17.8 Å². The van der Waals surface area contributed by atoms with Crippen LogP contribution in [0.25, 0.3) is 17.1 Å². The highest BCUT2D eigenvalue weighted by Crippen LogP contribution is 2.41. The molecule has 19 nitrogen and oxygen atoms in total. The molecule has 0 saturated carbocycles. The average Bonchev–Trinajstić information content (AvgIpc) is 4.05. The van der Waals surface area contributed by atoms with Crippen molar-refractivity contribution in [3.05, 3.63) is 112 Å². The number of likely N-dealkylation sites (tertiary alicyclic amines) is 2. The number of H-pyrrole nitrogens is 1. The molecule has 4 aliphatic rings. The number of piperidine rings is 2. The van der Waals surface area contributed by atoms with Crippen molar-refractivity contribution in [2.75, 3.05) is 86.5 Å². The van der Waals surface area contributed by atoms with E-state index in [-0.39, 0.29) is 58.7 Å². The van der Waals surface area contributed by atoms with Gasteiger partial charge in [-0.15, -0.1) is 0 Å². The number of amides is 3. The Morgan fingerprint density at radius 3 is 2.29 bits per heavy atom. The molecule has 4 aliphatic heterocycles. The third-order valence-electron chi connectivity index (χ3n) is 15.4. The lowest BCUT2D eigenvalue weighted by Crippen LogP contribution is -2.43. The molecule has 0 spiro atoms. The van der Waals surface area contributed by atoms with Crippen LogP contribution in [0.5, 0.6) is 17.2 Å². The summed E-state index contributed by atoms with van der Waals surface area (Å²) in [5, 5.41) is 34.4. The molecule has 75 heavy (non-hydrogen) atoms. The number of fused-ring (bicyclic) bond motifs is 2. The number of anilines is 6. The van der Waals surface area contributed by atoms with E-state index in [1.54, 1.807) is 24.2 Å². The Kier molecular flexibility index (Phi) is 14.5. The molecule has 2 aromatic heterocycles. The highest BCUT2D eigenvalue weighted by molar-refractivity contribution is 6.13. The Balaban J connectivity index is 0.666. The summed E-state index contributed by atoms with van der Waals surface area (Å²) in [6.45, 7) is 12.0. The number of nitrogens with one attached hydrogen (secondary N) is 3. The zero-order chi connectivity index (χ0) is 52.5. The number of aromatic nitrogens is 5. The second-order valence-corrected chi connectivity index (χ2v) is 20.5. The van der Waals surface area contributed by atoms with E-state index in [9.17, 15) is 29.4 Å². The molecular weight excluding hydrogens is 953 g/mol. The van der Waals surface area contributed by atoms with Crippen molar-refractivity contribution in [1.82, 2.24) is 39.8 Å². The first kappa shape index (κ1) is 50.6. The number of benzene rings is 4. The summed E-state index contributed by atoms with van der Waals surface area (Å²) < 4.78 is 7.53. The molecule has 3 saturated heterocycles. The van der Waals surface area contributed by atoms with Crippen LogP contribution >= 0.6 is 0 Å². The lowest BCUT2D eigenvalue weighted by molar-refractivity contribution is -0.136. The number of para-hydroxylation sites is 1. The zero-order valence-corrected chi connectivity index (χ0v) is 43.3. The van der Waals surface area contributed by atoms with E-state index in [1.165, 1.54) is 10.6 Å². The predicted octanol–water partition coefficient (Wildman–Crippen LogP) is 7.15. The van der Waals surface area contributed by atoms with E-state index in [2.05, 4.69) is 35.6 Å². The van der Waals surface area contributed by atoms with Crippen molar-refractivity contribution in [2.45, 2.75) is 65.3 Å². The van der Waals surface area contributed by atoms with Crippen LogP contribution in [0.3, 0.4) is 0 Å². The molecular formula is C56H66N12O7. The first-order valence-electron chi connectivity index (χ1n) is 26.1. The van der Waals surface area contributed by atoms with Gasteiger partial charge in [-0.3, -0.25) is 19.3 Å². The minimum Gasteiger partial charge on any atom is -0.508 e. The molecule has 0 bridgehead atoms. The van der Waals surface area contributed by atoms with Crippen molar-refractivity contribution in [3.8, 4) is 34.3 Å². The summed E-state index contributed by atoms with van der Waals surface area (Å²) in [5.74, 6) is 1.96. The summed E-state index contributed by atoms with van der Waals surface area (Å²) in [6, 6.07) is 24.1. The van der Waals surface area contributed by atoms with Crippen molar-refractivity contribution in [1.29, 1.82) is 0 Å². The quantitative estimate of drug-likeness (QED) is 0.0733. The van der Waals surface area contributed by atoms with Gasteiger partial charge in [0.1, 0.15) is 22.9 Å². The Hall–Kier alpha value is -7.93. The fraction of sp³-hybridized carbons (Fsp3) is 0.411. The maximum Gasteiger partial charge on any atom is 0.348 e. The number of phenolic OH excluding ortho intramolecular Hbond substituents is 2. The smallest absolute Gasteiger partial charge is 0.348 e. The third kappa shape index (κ3) is 10.5. The van der Waals surface area contributed by atoms with E-state index in [0.717, 1.165) is 75.2 Å². The van der Waals surface area contributed by atoms with E-state index in [0.29, 0.717) is 84.1 Å². The van der Waals surface area contributed by atoms with Crippen molar-refractivity contribution in [2.24, 2.45) is 17.8 Å². The molecule has 1 atom stereocenters. The lowest BCUT2D eigenvalue weighted by Gasteiger charge is -2.33. The van der Waals surface area contributed by atoms with Gasteiger partial charge < -0.3 is 45.2 Å². The van der Waals surface area contributed by atoms with Crippen molar-refractivity contribution < 1.29 is 29.3 Å². The van der Waals surface area contributed by atoms with Crippen molar-refractivity contribution in [3.63, 3.8) is 0 Å². The molecule has 0 radical (unpaired) electrons. The molecule has 4 aromatic carbocycles. The van der Waals surface area contributed by atoms with Gasteiger partial charge in [-0.2, -0.15) is 10.1 Å². The number of hydrogen-bond donors (Lipinski definition) is 5. The first-order valence-corrected chi connectivity index (χ1v) is 26.1. The minimum atomic E-state index is -0.442. The molecule has 6 heterocycles. The van der Waals surface area contributed by atoms with Crippen molar-refractivity contribution >= 4 is 52.2 Å². The van der Waals surface area contributed by atoms with Gasteiger partial charge in [-0.1, -0.05) is 38.1 Å². The van der Waals surface area contributed by atoms with Gasteiger partial charge in [0.05, 0.1) is 41.0 Å². The van der Waals surface area contributed by atoms with Crippen LogP contribution in [0.15, 0.2) is 89.9 Å². The first-order chi connectivity index (χ1) is 36.2. The van der Waals surface area contributed by atoms with Crippen LogP contribution < -0.4 is 35.8 Å². The van der Waals surface area contributed by atoms with Gasteiger partial charge in [-0.05, 0) is 118 Å². The number of phenols is 2. The monoisotopic (exact) mass is 1020 g/mol. The van der Waals surface area contributed by atoms with Gasteiger partial charge in [0.15, 0.2) is 11.6 Å². The number of aromatic amines is 1. The fourth-order valence-corrected chi connectivity index (χ4v) is 11.0. The maximum absolute atomic E-state index is 13.7. The molecule has 10 rings (SSSR count). The Morgan fingerprint density at radius 2 is 1.55 bits per heavy atom. The van der Waals surface area contributed by atoms with Crippen LogP contribution in [0.4, 0.5) is 34.5 Å². The SMILES string of the molecule is CCOc1cc(N2CCC(C(=O)NCC3CCN(C(=O)C4CCN(Cc5ccc(-n6c(-c7cc(C(C)C)c(O)cc7O)n[nH]c6=O)cc5)CC4)C3)CC2)ccc1Nc1ncc2c(n1)N(C)c1ccccc1C(=O)N2C. The van der Waals surface area contributed by atoms with E-state index in [4.69, 9.17) is 9.72 Å². The van der Waals surface area contributed by atoms with E-state index < -0.39 is 5.69 Å². The third-order valence-corrected chi connectivity index (χ3v) is 15.4. The second-order valence-electron chi connectivity index (χ2n) is 20.5. The molecule has 3 amide bonds.